The van der Waals surface area contributed by atoms with Crippen LogP contribution in [0.3, 0.4) is 0 Å². The molecular weight excluding hydrogens is 184 g/mol. The van der Waals surface area contributed by atoms with E-state index in [9.17, 15) is 4.79 Å². The van der Waals surface area contributed by atoms with Gasteiger partial charge in [0, 0.05) is 6.54 Å². The largest absolute Gasteiger partial charge is 0.394 e. The molecule has 0 saturated heterocycles. The lowest BCUT2D eigenvalue weighted by atomic mass is 10.0. The van der Waals surface area contributed by atoms with Crippen molar-refractivity contribution in [2.45, 2.75) is 25.8 Å². The van der Waals surface area contributed by atoms with Gasteiger partial charge >= 0.3 is 0 Å². The van der Waals surface area contributed by atoms with E-state index in [-0.39, 0.29) is 19.1 Å². The van der Waals surface area contributed by atoms with Gasteiger partial charge in [0.1, 0.15) is 6.61 Å². The normalized spacial score (nSPS) is 14.9. The molecule has 5 heteroatoms. The van der Waals surface area contributed by atoms with Gasteiger partial charge in [0.25, 0.3) is 0 Å². The van der Waals surface area contributed by atoms with Crippen molar-refractivity contribution in [1.82, 2.24) is 5.32 Å². The van der Waals surface area contributed by atoms with E-state index in [4.69, 9.17) is 15.6 Å². The molecule has 0 aliphatic carbocycles. The van der Waals surface area contributed by atoms with Gasteiger partial charge in [0.15, 0.2) is 0 Å². The molecule has 0 aliphatic rings. The van der Waals surface area contributed by atoms with Crippen molar-refractivity contribution >= 4 is 5.91 Å². The number of amides is 1. The second-order valence-electron chi connectivity index (χ2n) is 3.46. The Kier molecular flexibility index (Phi) is 6.44. The summed E-state index contributed by atoms with van der Waals surface area (Å²) in [4.78, 5) is 11.3. The average Bonchev–Trinajstić information content (AvgIpc) is 2.18. The molecule has 84 valence electrons. The predicted octanol–water partition coefficient (Wildman–Crippen LogP) is -0.761. The molecule has 1 atom stereocenters. The van der Waals surface area contributed by atoms with E-state index >= 15 is 0 Å². The van der Waals surface area contributed by atoms with Crippen molar-refractivity contribution in [2.75, 3.05) is 26.4 Å². The van der Waals surface area contributed by atoms with E-state index < -0.39 is 5.54 Å². The summed E-state index contributed by atoms with van der Waals surface area (Å²) in [6.07, 6.45) is 0.673. The summed E-state index contributed by atoms with van der Waals surface area (Å²) in [6, 6.07) is 0. The average molecular weight is 204 g/mol. The summed E-state index contributed by atoms with van der Waals surface area (Å²) in [7, 11) is 0. The number of carbonyl (C=O) groups excluding carboxylic acids is 1. The predicted molar refractivity (Wildman–Crippen MR) is 53.8 cm³/mol. The Morgan fingerprint density at radius 1 is 1.64 bits per heavy atom. The Labute approximate surface area is 84.6 Å². The monoisotopic (exact) mass is 204 g/mol. The van der Waals surface area contributed by atoms with Gasteiger partial charge < -0.3 is 20.9 Å². The van der Waals surface area contributed by atoms with Crippen LogP contribution in [0.4, 0.5) is 0 Å². The molecule has 0 spiro atoms. The van der Waals surface area contributed by atoms with Crippen molar-refractivity contribution in [3.05, 3.63) is 0 Å². The lowest BCUT2D eigenvalue weighted by Crippen LogP contribution is -2.49. The smallest absolute Gasteiger partial charge is 0.246 e. The summed E-state index contributed by atoms with van der Waals surface area (Å²) in [5, 5.41) is 11.7. The number of nitrogens with one attached hydrogen (secondary N) is 1. The standard InChI is InChI=1S/C9H20N2O3/c1-3-9(2,7-12)11-8(13)6-14-5-4-10/h12H,3-7,10H2,1-2H3,(H,11,13). The Bertz CT molecular complexity index is 169. The zero-order chi connectivity index (χ0) is 11.0. The molecule has 0 heterocycles. The minimum absolute atomic E-state index is 0.00715. The van der Waals surface area contributed by atoms with Gasteiger partial charge in [-0.1, -0.05) is 6.92 Å². The van der Waals surface area contributed by atoms with Gasteiger partial charge in [-0.2, -0.15) is 0 Å². The first-order chi connectivity index (χ1) is 6.58. The van der Waals surface area contributed by atoms with Gasteiger partial charge in [-0.3, -0.25) is 4.79 Å². The number of hydrogen-bond acceptors (Lipinski definition) is 4. The molecule has 14 heavy (non-hydrogen) atoms. The summed E-state index contributed by atoms with van der Waals surface area (Å²) in [6.45, 7) is 4.37. The Morgan fingerprint density at radius 3 is 2.71 bits per heavy atom. The first kappa shape index (κ1) is 13.4. The second-order valence-corrected chi connectivity index (χ2v) is 3.46. The third-order valence-electron chi connectivity index (χ3n) is 2.07. The maximum absolute atomic E-state index is 11.3. The summed E-state index contributed by atoms with van der Waals surface area (Å²) in [5.74, 6) is -0.225. The van der Waals surface area contributed by atoms with E-state index in [2.05, 4.69) is 5.32 Å². The number of carbonyl (C=O) groups is 1. The van der Waals surface area contributed by atoms with Gasteiger partial charge in [0.2, 0.25) is 5.91 Å². The van der Waals surface area contributed by atoms with Crippen LogP contribution in [0.1, 0.15) is 20.3 Å². The molecule has 0 fully saturated rings. The zero-order valence-electron chi connectivity index (χ0n) is 8.88. The maximum Gasteiger partial charge on any atom is 0.246 e. The molecule has 0 rings (SSSR count). The van der Waals surface area contributed by atoms with Crippen molar-refractivity contribution in [1.29, 1.82) is 0 Å². The van der Waals surface area contributed by atoms with E-state index in [1.165, 1.54) is 0 Å². The highest BCUT2D eigenvalue weighted by molar-refractivity contribution is 5.78. The van der Waals surface area contributed by atoms with Crippen LogP contribution in [0.25, 0.3) is 0 Å². The second kappa shape index (κ2) is 6.75. The van der Waals surface area contributed by atoms with Gasteiger partial charge in [0.05, 0.1) is 18.8 Å². The first-order valence-corrected chi connectivity index (χ1v) is 4.77. The van der Waals surface area contributed by atoms with Crippen LogP contribution in [-0.4, -0.2) is 42.9 Å². The molecule has 0 radical (unpaired) electrons. The van der Waals surface area contributed by atoms with Crippen molar-refractivity contribution in [3.8, 4) is 0 Å². The number of aliphatic hydroxyl groups excluding tert-OH is 1. The molecule has 0 aliphatic heterocycles. The number of nitrogens with two attached hydrogens (primary N) is 1. The number of hydrogen-bond donors (Lipinski definition) is 3. The van der Waals surface area contributed by atoms with Crippen LogP contribution in [0.2, 0.25) is 0 Å². The van der Waals surface area contributed by atoms with Crippen LogP contribution in [-0.2, 0) is 9.53 Å². The minimum atomic E-state index is -0.552. The van der Waals surface area contributed by atoms with Crippen LogP contribution < -0.4 is 11.1 Å². The third-order valence-corrected chi connectivity index (χ3v) is 2.07. The van der Waals surface area contributed by atoms with Crippen molar-refractivity contribution < 1.29 is 14.6 Å². The third kappa shape index (κ3) is 5.16. The molecule has 0 saturated carbocycles. The lowest BCUT2D eigenvalue weighted by Gasteiger charge is -2.27. The van der Waals surface area contributed by atoms with Crippen LogP contribution >= 0.6 is 0 Å². The molecule has 5 nitrogen and oxygen atoms in total. The highest BCUT2D eigenvalue weighted by Gasteiger charge is 2.22. The van der Waals surface area contributed by atoms with Crippen LogP contribution in [0, 0.1) is 0 Å². The quantitative estimate of drug-likeness (QED) is 0.476. The fourth-order valence-electron chi connectivity index (χ4n) is 0.861. The van der Waals surface area contributed by atoms with Crippen molar-refractivity contribution in [3.63, 3.8) is 0 Å². The van der Waals surface area contributed by atoms with E-state index in [1.807, 2.05) is 6.92 Å². The SMILES string of the molecule is CCC(C)(CO)NC(=O)COCCN. The van der Waals surface area contributed by atoms with Crippen molar-refractivity contribution in [2.24, 2.45) is 5.73 Å². The molecule has 1 amide bonds. The Morgan fingerprint density at radius 2 is 2.29 bits per heavy atom. The number of ether oxygens (including phenoxy) is 1. The summed E-state index contributed by atoms with van der Waals surface area (Å²) in [5.41, 5.74) is 4.65. The maximum atomic E-state index is 11.3. The highest BCUT2D eigenvalue weighted by Crippen LogP contribution is 2.06. The Balaban J connectivity index is 3.80. The van der Waals surface area contributed by atoms with Crippen LogP contribution in [0.15, 0.2) is 0 Å². The molecule has 0 aromatic carbocycles. The summed E-state index contributed by atoms with van der Waals surface area (Å²) >= 11 is 0. The van der Waals surface area contributed by atoms with Gasteiger partial charge in [-0.15, -0.1) is 0 Å². The number of rotatable bonds is 7. The molecular formula is C9H20N2O3. The van der Waals surface area contributed by atoms with Crippen LogP contribution in [0.5, 0.6) is 0 Å². The fraction of sp³-hybridized carbons (Fsp3) is 0.889. The Hall–Kier alpha value is -0.650. The van der Waals surface area contributed by atoms with Gasteiger partial charge in [-0.05, 0) is 13.3 Å². The van der Waals surface area contributed by atoms with E-state index in [0.29, 0.717) is 19.6 Å². The highest BCUT2D eigenvalue weighted by atomic mass is 16.5. The summed E-state index contributed by atoms with van der Waals surface area (Å²) < 4.78 is 4.96. The fourth-order valence-corrected chi connectivity index (χ4v) is 0.861. The topological polar surface area (TPSA) is 84.6 Å². The minimum Gasteiger partial charge on any atom is -0.394 e. The van der Waals surface area contributed by atoms with E-state index in [0.717, 1.165) is 0 Å². The van der Waals surface area contributed by atoms with E-state index in [1.54, 1.807) is 6.92 Å². The molecule has 4 N–H and O–H groups in total. The molecule has 0 bridgehead atoms. The molecule has 0 aromatic heterocycles. The lowest BCUT2D eigenvalue weighted by molar-refractivity contribution is -0.128. The van der Waals surface area contributed by atoms with Gasteiger partial charge in [-0.25, -0.2) is 0 Å². The first-order valence-electron chi connectivity index (χ1n) is 4.77. The zero-order valence-corrected chi connectivity index (χ0v) is 8.88. The number of aliphatic hydroxyl groups is 1. The molecule has 0 aromatic rings. The molecule has 1 unspecified atom stereocenters.